The second-order valence-corrected chi connectivity index (χ2v) is 13.6. The maximum atomic E-state index is 6.77. The van der Waals surface area contributed by atoms with E-state index >= 15 is 0 Å². The third-order valence-electron chi connectivity index (χ3n) is 10.1. The van der Waals surface area contributed by atoms with Crippen molar-refractivity contribution in [2.45, 2.75) is 0 Å². The van der Waals surface area contributed by atoms with Crippen LogP contribution in [-0.4, -0.2) is 34.5 Å². The number of benzene rings is 7. The highest BCUT2D eigenvalue weighted by atomic mass is 16.3. The van der Waals surface area contributed by atoms with Gasteiger partial charge < -0.3 is 4.42 Å². The molecule has 0 aliphatic heterocycles. The molecule has 262 valence electrons. The fourth-order valence-corrected chi connectivity index (χ4v) is 7.49. The van der Waals surface area contributed by atoms with E-state index in [-0.39, 0.29) is 0 Å². The zero-order valence-electron chi connectivity index (χ0n) is 29.8. The molecular weight excluding hydrogens is 691 g/mol. The van der Waals surface area contributed by atoms with Crippen LogP contribution in [-0.2, 0) is 0 Å². The minimum absolute atomic E-state index is 0.512. The van der Waals surface area contributed by atoms with Crippen LogP contribution in [0.2, 0.25) is 0 Å². The number of hydrogen-bond acceptors (Lipinski definition) is 7. The van der Waals surface area contributed by atoms with E-state index in [1.807, 2.05) is 127 Å². The first-order chi connectivity index (χ1) is 27.7. The van der Waals surface area contributed by atoms with Gasteiger partial charge in [0.2, 0.25) is 5.95 Å². The van der Waals surface area contributed by atoms with Gasteiger partial charge >= 0.3 is 0 Å². The fourth-order valence-electron chi connectivity index (χ4n) is 7.49. The number of furan rings is 1. The Morgan fingerprint density at radius 3 is 1.39 bits per heavy atom. The molecule has 0 unspecified atom stereocenters. The number of nitrogens with zero attached hydrogens (tertiary/aromatic N) is 7. The van der Waals surface area contributed by atoms with Crippen LogP contribution < -0.4 is 0 Å². The molecule has 56 heavy (non-hydrogen) atoms. The SMILES string of the molecule is c1ccc(-c2nc(-c3ccccc3)nc(-c3ccc4c(c3)oc3c(-c5nc(-c6ccccc6)nc(-n6c7ccccc7c7ccccc76)n5)cccc34)n2)cc1. The lowest BCUT2D eigenvalue weighted by Gasteiger charge is -2.11. The molecule has 0 saturated carbocycles. The van der Waals surface area contributed by atoms with E-state index < -0.39 is 0 Å². The second kappa shape index (κ2) is 12.9. The first-order valence-corrected chi connectivity index (χ1v) is 18.4. The van der Waals surface area contributed by atoms with Crippen LogP contribution >= 0.6 is 0 Å². The van der Waals surface area contributed by atoms with E-state index in [4.69, 9.17) is 34.3 Å². The Hall–Kier alpha value is -7.84. The molecule has 0 spiro atoms. The monoisotopic (exact) mass is 719 g/mol. The molecule has 8 heteroatoms. The average Bonchev–Trinajstić information content (AvgIpc) is 3.83. The van der Waals surface area contributed by atoms with Crippen molar-refractivity contribution in [2.75, 3.05) is 0 Å². The smallest absolute Gasteiger partial charge is 0.238 e. The minimum atomic E-state index is 0.512. The largest absolute Gasteiger partial charge is 0.455 e. The molecule has 0 fully saturated rings. The Morgan fingerprint density at radius 2 is 0.804 bits per heavy atom. The maximum Gasteiger partial charge on any atom is 0.238 e. The molecule has 0 N–H and O–H groups in total. The number of fused-ring (bicyclic) bond motifs is 6. The van der Waals surface area contributed by atoms with E-state index in [1.54, 1.807) is 0 Å². The zero-order valence-corrected chi connectivity index (χ0v) is 29.8. The number of hydrogen-bond donors (Lipinski definition) is 0. The molecule has 0 atom stereocenters. The molecule has 0 aliphatic carbocycles. The van der Waals surface area contributed by atoms with Gasteiger partial charge in [-0.15, -0.1) is 0 Å². The molecule has 4 aromatic heterocycles. The van der Waals surface area contributed by atoms with Crippen molar-refractivity contribution in [2.24, 2.45) is 0 Å². The number of aromatic nitrogens is 7. The third kappa shape index (κ3) is 5.31. The fraction of sp³-hybridized carbons (Fsp3) is 0. The Kier molecular flexibility index (Phi) is 7.31. The molecule has 4 heterocycles. The molecular formula is C48H29N7O. The molecule has 7 aromatic carbocycles. The standard InChI is InChI=1S/C48H29N7O/c1-4-15-30(16-5-1)43-49-44(31-17-6-2-7-18-31)51-46(50-43)33-27-28-36-37-23-14-24-38(42(37)56-41(36)29-33)47-52-45(32-19-8-3-9-20-32)53-48(54-47)55-39-25-12-10-21-34(39)35-22-11-13-26-40(35)55/h1-29H. The summed E-state index contributed by atoms with van der Waals surface area (Å²) >= 11 is 0. The highest BCUT2D eigenvalue weighted by Gasteiger charge is 2.21. The van der Waals surface area contributed by atoms with E-state index in [0.29, 0.717) is 46.2 Å². The van der Waals surface area contributed by atoms with Crippen LogP contribution in [0.5, 0.6) is 0 Å². The number of rotatable bonds is 6. The average molecular weight is 720 g/mol. The Morgan fingerprint density at radius 1 is 0.339 bits per heavy atom. The summed E-state index contributed by atoms with van der Waals surface area (Å²) in [5, 5.41) is 4.18. The van der Waals surface area contributed by atoms with Gasteiger partial charge in [-0.1, -0.05) is 146 Å². The molecule has 11 rings (SSSR count). The molecule has 11 aromatic rings. The summed E-state index contributed by atoms with van der Waals surface area (Å²) in [4.78, 5) is 30.1. The highest BCUT2D eigenvalue weighted by molar-refractivity contribution is 6.10. The van der Waals surface area contributed by atoms with Crippen molar-refractivity contribution < 1.29 is 4.42 Å². The van der Waals surface area contributed by atoms with Crippen LogP contribution in [0.4, 0.5) is 0 Å². The summed E-state index contributed by atoms with van der Waals surface area (Å²) in [6.07, 6.45) is 0. The molecule has 0 radical (unpaired) electrons. The van der Waals surface area contributed by atoms with Crippen LogP contribution in [0.25, 0.3) is 107 Å². The van der Waals surface area contributed by atoms with Crippen LogP contribution in [0.15, 0.2) is 180 Å². The summed E-state index contributed by atoms with van der Waals surface area (Å²) in [6.45, 7) is 0. The molecule has 0 amide bonds. The second-order valence-electron chi connectivity index (χ2n) is 13.6. The molecule has 0 saturated heterocycles. The lowest BCUT2D eigenvalue weighted by molar-refractivity contribution is 0.669. The van der Waals surface area contributed by atoms with Gasteiger partial charge in [-0.25, -0.2) is 19.9 Å². The first kappa shape index (κ1) is 31.7. The third-order valence-corrected chi connectivity index (χ3v) is 10.1. The maximum absolute atomic E-state index is 6.77. The molecule has 0 aliphatic rings. The van der Waals surface area contributed by atoms with E-state index in [1.165, 1.54) is 0 Å². The van der Waals surface area contributed by atoms with Crippen molar-refractivity contribution in [1.29, 1.82) is 0 Å². The van der Waals surface area contributed by atoms with Crippen molar-refractivity contribution in [1.82, 2.24) is 34.5 Å². The lowest BCUT2D eigenvalue weighted by Crippen LogP contribution is -2.06. The zero-order chi connectivity index (χ0) is 37.0. The van der Waals surface area contributed by atoms with Gasteiger partial charge in [0.15, 0.2) is 29.1 Å². The van der Waals surface area contributed by atoms with Crippen molar-refractivity contribution in [3.8, 4) is 62.9 Å². The van der Waals surface area contributed by atoms with Crippen molar-refractivity contribution >= 4 is 43.7 Å². The van der Waals surface area contributed by atoms with Gasteiger partial charge in [0.25, 0.3) is 0 Å². The summed E-state index contributed by atoms with van der Waals surface area (Å²) in [5.41, 5.74) is 7.71. The van der Waals surface area contributed by atoms with Crippen LogP contribution in [0.3, 0.4) is 0 Å². The predicted molar refractivity (Wildman–Crippen MR) is 222 cm³/mol. The van der Waals surface area contributed by atoms with Gasteiger partial charge in [0.1, 0.15) is 11.2 Å². The number of para-hydroxylation sites is 3. The Balaban J connectivity index is 1.10. The molecule has 0 bridgehead atoms. The predicted octanol–water partition coefficient (Wildman–Crippen LogP) is 11.4. The Bertz CT molecular complexity index is 3140. The van der Waals surface area contributed by atoms with Crippen LogP contribution in [0.1, 0.15) is 0 Å². The quantitative estimate of drug-likeness (QED) is 0.169. The van der Waals surface area contributed by atoms with Crippen molar-refractivity contribution in [3.63, 3.8) is 0 Å². The normalized spacial score (nSPS) is 11.6. The van der Waals surface area contributed by atoms with Gasteiger partial charge in [-0.3, -0.25) is 4.57 Å². The summed E-state index contributed by atoms with van der Waals surface area (Å²) in [6, 6.07) is 58.9. The van der Waals surface area contributed by atoms with Crippen molar-refractivity contribution in [3.05, 3.63) is 176 Å². The Labute approximate surface area is 320 Å². The minimum Gasteiger partial charge on any atom is -0.455 e. The van der Waals surface area contributed by atoms with E-state index in [9.17, 15) is 0 Å². The summed E-state index contributed by atoms with van der Waals surface area (Å²) in [7, 11) is 0. The molecule has 8 nitrogen and oxygen atoms in total. The van der Waals surface area contributed by atoms with E-state index in [2.05, 4.69) is 53.1 Å². The first-order valence-electron chi connectivity index (χ1n) is 18.4. The lowest BCUT2D eigenvalue weighted by atomic mass is 10.1. The van der Waals surface area contributed by atoms with Crippen LogP contribution in [0, 0.1) is 0 Å². The van der Waals surface area contributed by atoms with Gasteiger partial charge in [-0.2, -0.15) is 9.97 Å². The highest BCUT2D eigenvalue weighted by Crippen LogP contribution is 2.38. The topological polar surface area (TPSA) is 95.4 Å². The van der Waals surface area contributed by atoms with Gasteiger partial charge in [-0.05, 0) is 30.3 Å². The van der Waals surface area contributed by atoms with E-state index in [0.717, 1.165) is 60.4 Å². The summed E-state index contributed by atoms with van der Waals surface area (Å²) < 4.78 is 8.89. The summed E-state index contributed by atoms with van der Waals surface area (Å²) in [5.74, 6) is 3.37. The van der Waals surface area contributed by atoms with Gasteiger partial charge in [0, 0.05) is 43.8 Å². The van der Waals surface area contributed by atoms with Gasteiger partial charge in [0.05, 0.1) is 16.6 Å².